The van der Waals surface area contributed by atoms with Crippen LogP contribution in [0.2, 0.25) is 0 Å². The molecule has 136 valence electrons. The van der Waals surface area contributed by atoms with Crippen LogP contribution in [0.1, 0.15) is 26.3 Å². The number of rotatable bonds is 3. The summed E-state index contributed by atoms with van der Waals surface area (Å²) in [4.78, 5) is 40.2. The number of para-hydroxylation sites is 1. The van der Waals surface area contributed by atoms with Crippen LogP contribution < -0.4 is 10.6 Å². The van der Waals surface area contributed by atoms with Gasteiger partial charge >= 0.3 is 5.97 Å². The van der Waals surface area contributed by atoms with Gasteiger partial charge in [0, 0.05) is 18.3 Å². The number of carbonyl (C=O) groups is 3. The Morgan fingerprint density at radius 3 is 2.54 bits per heavy atom. The summed E-state index contributed by atoms with van der Waals surface area (Å²) >= 11 is 0. The van der Waals surface area contributed by atoms with E-state index in [-0.39, 0.29) is 35.2 Å². The van der Waals surface area contributed by atoms with Crippen molar-refractivity contribution in [1.82, 2.24) is 0 Å². The van der Waals surface area contributed by atoms with Crippen LogP contribution in [-0.4, -0.2) is 31.3 Å². The van der Waals surface area contributed by atoms with Gasteiger partial charge in [-0.2, -0.15) is 0 Å². The molecule has 2 aliphatic heterocycles. The number of ether oxygens (including phenoxy) is 2. The Bertz CT molecular complexity index is 899. The molecule has 0 saturated heterocycles. The summed E-state index contributed by atoms with van der Waals surface area (Å²) in [6.45, 7) is 4.63. The van der Waals surface area contributed by atoms with E-state index < -0.39 is 17.3 Å². The van der Waals surface area contributed by atoms with Crippen molar-refractivity contribution >= 4 is 23.3 Å². The second-order valence-corrected chi connectivity index (χ2v) is 6.18. The largest absolute Gasteiger partial charge is 0.462 e. The van der Waals surface area contributed by atoms with Gasteiger partial charge in [0.1, 0.15) is 16.7 Å². The topological polar surface area (TPSA) is 98.9 Å². The van der Waals surface area contributed by atoms with Crippen molar-refractivity contribution < 1.29 is 23.9 Å². The number of anilines is 1. The van der Waals surface area contributed by atoms with Gasteiger partial charge in [-0.15, -0.1) is 0 Å². The van der Waals surface area contributed by atoms with Gasteiger partial charge in [-0.1, -0.05) is 18.2 Å². The van der Waals surface area contributed by atoms with Gasteiger partial charge in [0.25, 0.3) is 0 Å². The Labute approximate surface area is 151 Å². The van der Waals surface area contributed by atoms with Crippen LogP contribution in [0, 0.1) is 0 Å². The van der Waals surface area contributed by atoms with Crippen molar-refractivity contribution in [3.05, 3.63) is 52.6 Å². The molecule has 1 aromatic carbocycles. The van der Waals surface area contributed by atoms with E-state index in [1.807, 2.05) is 0 Å². The van der Waals surface area contributed by atoms with Crippen LogP contribution in [0.3, 0.4) is 0 Å². The van der Waals surface area contributed by atoms with E-state index >= 15 is 0 Å². The number of amides is 1. The molecule has 0 fully saturated rings. The smallest absolute Gasteiger partial charge is 0.341 e. The van der Waals surface area contributed by atoms with Crippen LogP contribution in [0.4, 0.5) is 5.69 Å². The second-order valence-electron chi connectivity index (χ2n) is 6.18. The molecule has 0 unspecified atom stereocenters. The van der Waals surface area contributed by atoms with E-state index in [1.165, 1.54) is 11.8 Å². The standard InChI is InChI=1S/C19H20N2O5/c1-5-25-17(23)15-16(20)26-11(3)14(10(2)22)19(15)12-8-6-7-9-13(12)21(4)18(19)24/h6-9H,5,20H2,1-4H3/t19-/m1/s1. The third-order valence-corrected chi connectivity index (χ3v) is 4.74. The van der Waals surface area contributed by atoms with E-state index in [0.717, 1.165) is 0 Å². The lowest BCUT2D eigenvalue weighted by molar-refractivity contribution is -0.141. The number of esters is 1. The maximum Gasteiger partial charge on any atom is 0.341 e. The number of carbonyl (C=O) groups excluding carboxylic acids is 3. The minimum absolute atomic E-state index is 0.0927. The third kappa shape index (κ3) is 2.09. The van der Waals surface area contributed by atoms with E-state index in [2.05, 4.69) is 0 Å². The number of allylic oxidation sites excluding steroid dienone is 1. The highest BCUT2D eigenvalue weighted by atomic mass is 16.5. The number of Topliss-reactive ketones (excluding diaryl/α,β-unsaturated/α-hetero) is 1. The van der Waals surface area contributed by atoms with Gasteiger partial charge in [0.15, 0.2) is 5.78 Å². The molecule has 1 atom stereocenters. The van der Waals surface area contributed by atoms with Crippen molar-refractivity contribution in [1.29, 1.82) is 0 Å². The molecule has 1 aromatic rings. The first-order chi connectivity index (χ1) is 12.3. The first-order valence-electron chi connectivity index (χ1n) is 8.23. The number of hydrogen-bond donors (Lipinski definition) is 1. The second kappa shape index (κ2) is 6.01. The molecule has 3 rings (SSSR count). The van der Waals surface area contributed by atoms with Gasteiger partial charge in [0.2, 0.25) is 11.8 Å². The minimum Gasteiger partial charge on any atom is -0.462 e. The highest BCUT2D eigenvalue weighted by Crippen LogP contribution is 2.53. The van der Waals surface area contributed by atoms with Gasteiger partial charge in [0.05, 0.1) is 12.2 Å². The average molecular weight is 356 g/mol. The lowest BCUT2D eigenvalue weighted by atomic mass is 9.66. The summed E-state index contributed by atoms with van der Waals surface area (Å²) in [5.41, 5.74) is 5.39. The molecule has 7 nitrogen and oxygen atoms in total. The number of likely N-dealkylation sites (N-methyl/N-ethyl adjacent to an activating group) is 1. The zero-order valence-corrected chi connectivity index (χ0v) is 15.1. The van der Waals surface area contributed by atoms with Crippen molar-refractivity contribution in [3.63, 3.8) is 0 Å². The summed E-state index contributed by atoms with van der Waals surface area (Å²) in [7, 11) is 1.59. The molecular formula is C19H20N2O5. The lowest BCUT2D eigenvalue weighted by Gasteiger charge is -2.36. The summed E-state index contributed by atoms with van der Waals surface area (Å²) in [5.74, 6) is -1.64. The number of hydrogen-bond acceptors (Lipinski definition) is 6. The van der Waals surface area contributed by atoms with Crippen LogP contribution in [0.5, 0.6) is 0 Å². The number of nitrogens with two attached hydrogens (primary N) is 1. The van der Waals surface area contributed by atoms with Crippen molar-refractivity contribution in [2.24, 2.45) is 5.73 Å². The van der Waals surface area contributed by atoms with Crippen molar-refractivity contribution in [2.45, 2.75) is 26.2 Å². The molecular weight excluding hydrogens is 336 g/mol. The molecule has 26 heavy (non-hydrogen) atoms. The number of fused-ring (bicyclic) bond motifs is 2. The van der Waals surface area contributed by atoms with Crippen LogP contribution in [0.25, 0.3) is 0 Å². The third-order valence-electron chi connectivity index (χ3n) is 4.74. The number of benzene rings is 1. The maximum absolute atomic E-state index is 13.5. The molecule has 1 amide bonds. The Kier molecular flexibility index (Phi) is 4.10. The van der Waals surface area contributed by atoms with Crippen LogP contribution >= 0.6 is 0 Å². The number of nitrogens with zero attached hydrogens (tertiary/aromatic N) is 1. The van der Waals surface area contributed by atoms with E-state index in [1.54, 1.807) is 45.2 Å². The Balaban J connectivity index is 2.45. The fourth-order valence-electron chi connectivity index (χ4n) is 3.85. The normalized spacial score (nSPS) is 21.8. The Morgan fingerprint density at radius 1 is 1.27 bits per heavy atom. The molecule has 2 aliphatic rings. The first-order valence-corrected chi connectivity index (χ1v) is 8.23. The molecule has 2 N–H and O–H groups in total. The van der Waals surface area contributed by atoms with E-state index in [0.29, 0.717) is 11.3 Å². The highest BCUT2D eigenvalue weighted by Gasteiger charge is 2.62. The average Bonchev–Trinajstić information content (AvgIpc) is 2.78. The summed E-state index contributed by atoms with van der Waals surface area (Å²) < 4.78 is 10.6. The fourth-order valence-corrected chi connectivity index (χ4v) is 3.85. The Morgan fingerprint density at radius 2 is 1.92 bits per heavy atom. The molecule has 0 aliphatic carbocycles. The van der Waals surface area contributed by atoms with E-state index in [4.69, 9.17) is 15.2 Å². The van der Waals surface area contributed by atoms with Gasteiger partial charge in [-0.25, -0.2) is 4.79 Å². The first kappa shape index (κ1) is 17.7. The molecule has 7 heteroatoms. The molecule has 2 heterocycles. The van der Waals surface area contributed by atoms with Crippen LogP contribution in [-0.2, 0) is 29.3 Å². The lowest BCUT2D eigenvalue weighted by Crippen LogP contribution is -2.49. The summed E-state index contributed by atoms with van der Waals surface area (Å²) in [6, 6.07) is 6.99. The van der Waals surface area contributed by atoms with Gasteiger partial charge in [-0.05, 0) is 26.8 Å². The van der Waals surface area contributed by atoms with Gasteiger partial charge in [-0.3, -0.25) is 9.59 Å². The molecule has 1 spiro atoms. The molecule has 0 aromatic heterocycles. The predicted molar refractivity (Wildman–Crippen MR) is 93.8 cm³/mol. The van der Waals surface area contributed by atoms with Crippen LogP contribution in [0.15, 0.2) is 47.1 Å². The Hall–Kier alpha value is -3.09. The summed E-state index contributed by atoms with van der Waals surface area (Å²) in [5, 5.41) is 0. The highest BCUT2D eigenvalue weighted by molar-refractivity contribution is 6.22. The van der Waals surface area contributed by atoms with Crippen molar-refractivity contribution in [3.8, 4) is 0 Å². The quantitative estimate of drug-likeness (QED) is 0.825. The zero-order valence-electron chi connectivity index (χ0n) is 15.1. The fraction of sp³-hybridized carbons (Fsp3) is 0.316. The number of ketones is 1. The monoisotopic (exact) mass is 356 g/mol. The van der Waals surface area contributed by atoms with Crippen molar-refractivity contribution in [2.75, 3.05) is 18.6 Å². The maximum atomic E-state index is 13.5. The summed E-state index contributed by atoms with van der Waals surface area (Å²) in [6.07, 6.45) is 0. The molecule has 0 bridgehead atoms. The van der Waals surface area contributed by atoms with E-state index in [9.17, 15) is 14.4 Å². The SMILES string of the molecule is CCOC(=O)C1=C(N)OC(C)=C(C(C)=O)[C@@]12C(=O)N(C)c1ccccc12. The minimum atomic E-state index is -1.67. The zero-order chi connectivity index (χ0) is 19.2. The van der Waals surface area contributed by atoms with Gasteiger partial charge < -0.3 is 20.1 Å². The molecule has 0 saturated carbocycles. The molecule has 0 radical (unpaired) electrons. The predicted octanol–water partition coefficient (Wildman–Crippen LogP) is 1.53.